The SMILES string of the molecule is O=C1CC[C@@H](C(=O)O)N1.O=C1CC[C@@H](C(=O)O)N1.O=C1CC[C@@H](C(=O)O)N1.[Lu]. The van der Waals surface area contributed by atoms with E-state index < -0.39 is 36.0 Å². The Morgan fingerprint density at radius 2 is 0.821 bits per heavy atom. The van der Waals surface area contributed by atoms with Gasteiger partial charge in [0.1, 0.15) is 18.1 Å². The van der Waals surface area contributed by atoms with Gasteiger partial charge >= 0.3 is 17.9 Å². The molecule has 3 aliphatic rings. The maximum atomic E-state index is 10.4. The number of nitrogens with one attached hydrogen (secondary N) is 3. The second kappa shape index (κ2) is 12.5. The summed E-state index contributed by atoms with van der Waals surface area (Å²) in [7, 11) is 0. The first-order valence-electron chi connectivity index (χ1n) is 8.16. The molecule has 12 nitrogen and oxygen atoms in total. The predicted molar refractivity (Wildman–Crippen MR) is 86.4 cm³/mol. The molecule has 3 rings (SSSR count). The first kappa shape index (κ1) is 26.1. The van der Waals surface area contributed by atoms with Gasteiger partial charge in [-0.2, -0.15) is 0 Å². The Morgan fingerprint density at radius 3 is 0.893 bits per heavy atom. The number of carboxylic acid groups (broad SMARTS) is 3. The molecular formula is C15H21LuN3O9. The molecule has 0 aromatic carbocycles. The van der Waals surface area contributed by atoms with Crippen LogP contribution in [0, 0.1) is 36.9 Å². The van der Waals surface area contributed by atoms with Gasteiger partial charge in [-0.05, 0) is 19.3 Å². The van der Waals surface area contributed by atoms with Crippen molar-refractivity contribution in [3.63, 3.8) is 0 Å². The zero-order valence-electron chi connectivity index (χ0n) is 14.5. The van der Waals surface area contributed by atoms with Crippen molar-refractivity contribution in [1.82, 2.24) is 16.0 Å². The third-order valence-corrected chi connectivity index (χ3v) is 3.88. The van der Waals surface area contributed by atoms with Crippen molar-refractivity contribution in [2.45, 2.75) is 56.7 Å². The minimum absolute atomic E-state index is 0. The first-order chi connectivity index (χ1) is 12.6. The standard InChI is InChI=1S/3C5H7NO3.Lu/c3*7-4-2-1-3(6-4)5(8)9;/h3*3H,1-2H2,(H,6,7)(H,8,9);/t3*3-;/m000./s1. The van der Waals surface area contributed by atoms with Crippen LogP contribution in [0.25, 0.3) is 0 Å². The Kier molecular flexibility index (Phi) is 11.6. The average Bonchev–Trinajstić information content (AvgIpc) is 3.30. The summed E-state index contributed by atoms with van der Waals surface area (Å²) in [5, 5.41) is 31.9. The zero-order chi connectivity index (χ0) is 20.6. The molecule has 165 valence electrons. The Hall–Kier alpha value is -1.95. The molecule has 3 heterocycles. The molecule has 0 aliphatic carbocycles. The molecule has 1 radical (unpaired) electrons. The zero-order valence-corrected chi connectivity index (χ0v) is 16.2. The van der Waals surface area contributed by atoms with Crippen LogP contribution in [0.5, 0.6) is 0 Å². The van der Waals surface area contributed by atoms with Crippen molar-refractivity contribution >= 4 is 35.6 Å². The number of carbonyl (C=O) groups is 6. The van der Waals surface area contributed by atoms with Crippen LogP contribution in [0.3, 0.4) is 0 Å². The summed E-state index contributed by atoms with van der Waals surface area (Å²) in [6.45, 7) is 0. The fraction of sp³-hybridized carbons (Fsp3) is 0.600. The van der Waals surface area contributed by atoms with Crippen molar-refractivity contribution in [2.75, 3.05) is 0 Å². The van der Waals surface area contributed by atoms with Crippen molar-refractivity contribution in [3.05, 3.63) is 0 Å². The first-order valence-corrected chi connectivity index (χ1v) is 8.16. The molecule has 3 aliphatic heterocycles. The van der Waals surface area contributed by atoms with E-state index in [0.29, 0.717) is 38.5 Å². The summed E-state index contributed by atoms with van der Waals surface area (Å²) >= 11 is 0. The number of aliphatic carboxylic acids is 3. The van der Waals surface area contributed by atoms with E-state index >= 15 is 0 Å². The predicted octanol–water partition coefficient (Wildman–Crippen LogP) is -1.95. The molecule has 6 N–H and O–H groups in total. The molecule has 0 unspecified atom stereocenters. The second-order valence-corrected chi connectivity index (χ2v) is 5.99. The van der Waals surface area contributed by atoms with Crippen molar-refractivity contribution in [1.29, 1.82) is 0 Å². The normalized spacial score (nSPS) is 24.9. The quantitative estimate of drug-likeness (QED) is 0.226. The number of amides is 3. The van der Waals surface area contributed by atoms with Crippen molar-refractivity contribution in [2.24, 2.45) is 0 Å². The monoisotopic (exact) mass is 562 g/mol. The van der Waals surface area contributed by atoms with Gasteiger partial charge in [0.05, 0.1) is 0 Å². The topological polar surface area (TPSA) is 199 Å². The molecule has 0 spiro atoms. The minimum Gasteiger partial charge on any atom is -0.480 e. The Balaban J connectivity index is 0.000000384. The number of hydrogen-bond acceptors (Lipinski definition) is 6. The molecule has 0 aromatic heterocycles. The maximum Gasteiger partial charge on any atom is 0.326 e. The van der Waals surface area contributed by atoms with Crippen molar-refractivity contribution < 1.29 is 81.0 Å². The van der Waals surface area contributed by atoms with Gasteiger partial charge < -0.3 is 31.3 Å². The number of carbonyl (C=O) groups excluding carboxylic acids is 3. The van der Waals surface area contributed by atoms with Crippen LogP contribution >= 0.6 is 0 Å². The molecule has 3 fully saturated rings. The van der Waals surface area contributed by atoms with Gasteiger partial charge in [0.25, 0.3) is 0 Å². The molecule has 13 heteroatoms. The summed E-state index contributed by atoms with van der Waals surface area (Å²) in [5.74, 6) is -3.32. The molecule has 28 heavy (non-hydrogen) atoms. The van der Waals surface area contributed by atoms with Crippen LogP contribution in [-0.2, 0) is 28.8 Å². The fourth-order valence-electron chi connectivity index (χ4n) is 2.40. The van der Waals surface area contributed by atoms with Gasteiger partial charge in [-0.15, -0.1) is 0 Å². The molecule has 3 amide bonds. The van der Waals surface area contributed by atoms with Crippen LogP contribution in [0.1, 0.15) is 38.5 Å². The maximum absolute atomic E-state index is 10.4. The summed E-state index contributed by atoms with van der Waals surface area (Å²) in [6.07, 6.45) is 2.31. The summed E-state index contributed by atoms with van der Waals surface area (Å²) < 4.78 is 0. The smallest absolute Gasteiger partial charge is 0.326 e. The fourth-order valence-corrected chi connectivity index (χ4v) is 2.40. The van der Waals surface area contributed by atoms with Gasteiger partial charge in [-0.25, -0.2) is 14.4 Å². The Labute approximate surface area is 188 Å². The largest absolute Gasteiger partial charge is 0.480 e. The van der Waals surface area contributed by atoms with Gasteiger partial charge in [-0.1, -0.05) is 0 Å². The van der Waals surface area contributed by atoms with E-state index in [2.05, 4.69) is 16.0 Å². The van der Waals surface area contributed by atoms with Gasteiger partial charge in [-0.3, -0.25) is 14.4 Å². The number of rotatable bonds is 3. The van der Waals surface area contributed by atoms with E-state index in [0.717, 1.165) is 0 Å². The number of hydrogen-bond donors (Lipinski definition) is 6. The van der Waals surface area contributed by atoms with Crippen LogP contribution in [-0.4, -0.2) is 69.1 Å². The molecule has 0 aromatic rings. The Bertz CT molecular complexity index is 555. The van der Waals surface area contributed by atoms with E-state index in [1.807, 2.05) is 0 Å². The Morgan fingerprint density at radius 1 is 0.607 bits per heavy atom. The third-order valence-electron chi connectivity index (χ3n) is 3.88. The van der Waals surface area contributed by atoms with Crippen LogP contribution in [0.15, 0.2) is 0 Å². The minimum atomic E-state index is -0.944. The molecule has 3 saturated heterocycles. The average molecular weight is 562 g/mol. The van der Waals surface area contributed by atoms with Gasteiger partial charge in [0, 0.05) is 56.1 Å². The van der Waals surface area contributed by atoms with Gasteiger partial charge in [0.2, 0.25) is 17.7 Å². The molecular weight excluding hydrogens is 541 g/mol. The van der Waals surface area contributed by atoms with E-state index in [4.69, 9.17) is 15.3 Å². The summed E-state index contributed by atoms with van der Waals surface area (Å²) in [5.41, 5.74) is 0. The number of carboxylic acids is 3. The molecule has 0 saturated carbocycles. The van der Waals surface area contributed by atoms with Crippen LogP contribution < -0.4 is 16.0 Å². The van der Waals surface area contributed by atoms with E-state index in [-0.39, 0.29) is 54.6 Å². The third kappa shape index (κ3) is 9.31. The van der Waals surface area contributed by atoms with Crippen LogP contribution in [0.4, 0.5) is 0 Å². The van der Waals surface area contributed by atoms with E-state index in [1.54, 1.807) is 0 Å². The van der Waals surface area contributed by atoms with Crippen molar-refractivity contribution in [3.8, 4) is 0 Å². The van der Waals surface area contributed by atoms with Crippen LogP contribution in [0.2, 0.25) is 0 Å². The van der Waals surface area contributed by atoms with E-state index in [9.17, 15) is 28.8 Å². The summed E-state index contributed by atoms with van der Waals surface area (Å²) in [4.78, 5) is 61.5. The molecule has 0 bridgehead atoms. The van der Waals surface area contributed by atoms with E-state index in [1.165, 1.54) is 0 Å². The van der Waals surface area contributed by atoms with Gasteiger partial charge in [0.15, 0.2) is 0 Å². The molecule has 3 atom stereocenters. The second-order valence-electron chi connectivity index (χ2n) is 5.99. The summed E-state index contributed by atoms with van der Waals surface area (Å²) in [6, 6.07) is -1.92.